The molecule has 1 rings (SSSR count). The normalized spacial score (nSPS) is 13.8. The molecule has 1 aromatic rings. The molecular weight excluding hydrogens is 237 g/mol. The first-order valence-corrected chi connectivity index (χ1v) is 5.68. The number of hydrogen-bond donors (Lipinski definition) is 0. The molecule has 0 radical (unpaired) electrons. The van der Waals surface area contributed by atoms with E-state index in [4.69, 9.17) is 11.6 Å². The number of alkyl halides is 4. The van der Waals surface area contributed by atoms with Gasteiger partial charge in [-0.3, -0.25) is 0 Å². The van der Waals surface area contributed by atoms with E-state index in [2.05, 4.69) is 6.92 Å². The van der Waals surface area contributed by atoms with Crippen molar-refractivity contribution >= 4 is 11.6 Å². The summed E-state index contributed by atoms with van der Waals surface area (Å²) in [5.41, 5.74) is 1.16. The minimum atomic E-state index is -4.38. The van der Waals surface area contributed by atoms with Gasteiger partial charge in [-0.25, -0.2) is 0 Å². The minimum Gasteiger partial charge on any atom is -0.169 e. The van der Waals surface area contributed by atoms with Crippen LogP contribution in [0.1, 0.15) is 36.3 Å². The van der Waals surface area contributed by atoms with Crippen molar-refractivity contribution in [1.82, 2.24) is 0 Å². The molecule has 1 aromatic carbocycles. The average molecular weight is 251 g/mol. The molecule has 90 valence electrons. The van der Waals surface area contributed by atoms with E-state index >= 15 is 0 Å². The molecule has 0 fully saturated rings. The third-order valence-electron chi connectivity index (χ3n) is 2.38. The number of benzene rings is 1. The van der Waals surface area contributed by atoms with Crippen LogP contribution >= 0.6 is 11.6 Å². The molecule has 0 aliphatic carbocycles. The van der Waals surface area contributed by atoms with Crippen molar-refractivity contribution in [1.29, 1.82) is 0 Å². The van der Waals surface area contributed by atoms with Gasteiger partial charge in [-0.1, -0.05) is 37.6 Å². The third-order valence-corrected chi connectivity index (χ3v) is 2.88. The fraction of sp³-hybridized carbons (Fsp3) is 0.500. The summed E-state index contributed by atoms with van der Waals surface area (Å²) in [6.07, 6.45) is -1.37. The second kappa shape index (κ2) is 5.58. The van der Waals surface area contributed by atoms with Crippen molar-refractivity contribution in [3.8, 4) is 0 Å². The highest BCUT2D eigenvalue weighted by atomic mass is 35.5. The first-order chi connectivity index (χ1) is 7.45. The summed E-state index contributed by atoms with van der Waals surface area (Å²) in [5.74, 6) is 0. The first kappa shape index (κ1) is 13.4. The van der Waals surface area contributed by atoms with Crippen molar-refractivity contribution in [3.63, 3.8) is 0 Å². The van der Waals surface area contributed by atoms with Crippen LogP contribution in [-0.4, -0.2) is 6.18 Å². The SMILES string of the molecule is CCCCc1ccc(C(Cl)C(F)(F)F)cc1. The highest BCUT2D eigenvalue weighted by molar-refractivity contribution is 6.21. The van der Waals surface area contributed by atoms with Gasteiger partial charge in [0.15, 0.2) is 5.38 Å². The summed E-state index contributed by atoms with van der Waals surface area (Å²) in [4.78, 5) is 0. The van der Waals surface area contributed by atoms with E-state index in [0.29, 0.717) is 0 Å². The van der Waals surface area contributed by atoms with Gasteiger partial charge in [0.25, 0.3) is 0 Å². The molecule has 0 saturated heterocycles. The van der Waals surface area contributed by atoms with Crippen LogP contribution in [0.25, 0.3) is 0 Å². The Labute approximate surface area is 98.4 Å². The van der Waals surface area contributed by atoms with Crippen LogP contribution in [0, 0.1) is 0 Å². The van der Waals surface area contributed by atoms with Crippen molar-refractivity contribution in [3.05, 3.63) is 35.4 Å². The van der Waals surface area contributed by atoms with Gasteiger partial charge >= 0.3 is 6.18 Å². The van der Waals surface area contributed by atoms with Crippen LogP contribution in [0.5, 0.6) is 0 Å². The van der Waals surface area contributed by atoms with Crippen LogP contribution in [0.2, 0.25) is 0 Å². The van der Waals surface area contributed by atoms with Crippen molar-refractivity contribution in [2.24, 2.45) is 0 Å². The lowest BCUT2D eigenvalue weighted by atomic mass is 10.0. The van der Waals surface area contributed by atoms with Gasteiger partial charge in [-0.05, 0) is 24.0 Å². The second-order valence-electron chi connectivity index (χ2n) is 3.75. The number of hydrogen-bond acceptors (Lipinski definition) is 0. The fourth-order valence-electron chi connectivity index (χ4n) is 1.42. The number of rotatable bonds is 4. The highest BCUT2D eigenvalue weighted by Gasteiger charge is 2.39. The third kappa shape index (κ3) is 3.71. The van der Waals surface area contributed by atoms with E-state index in [0.717, 1.165) is 24.8 Å². The lowest BCUT2D eigenvalue weighted by molar-refractivity contribution is -0.131. The van der Waals surface area contributed by atoms with Gasteiger partial charge < -0.3 is 0 Å². The monoisotopic (exact) mass is 250 g/mol. The molecule has 0 heterocycles. The Morgan fingerprint density at radius 2 is 1.75 bits per heavy atom. The summed E-state index contributed by atoms with van der Waals surface area (Å²) in [7, 11) is 0. The molecule has 1 atom stereocenters. The van der Waals surface area contributed by atoms with Gasteiger partial charge in [0.05, 0.1) is 0 Å². The van der Waals surface area contributed by atoms with Crippen molar-refractivity contribution in [2.75, 3.05) is 0 Å². The molecule has 4 heteroatoms. The Balaban J connectivity index is 2.71. The maximum absolute atomic E-state index is 12.3. The molecule has 0 aliphatic rings. The molecular formula is C12H14ClF3. The van der Waals surface area contributed by atoms with Gasteiger partial charge in [-0.15, -0.1) is 11.6 Å². The lowest BCUT2D eigenvalue weighted by Crippen LogP contribution is -2.15. The first-order valence-electron chi connectivity index (χ1n) is 5.24. The predicted molar refractivity (Wildman–Crippen MR) is 59.7 cm³/mol. The smallest absolute Gasteiger partial charge is 0.169 e. The van der Waals surface area contributed by atoms with Gasteiger partial charge in [0.1, 0.15) is 0 Å². The number of halogens is 4. The molecule has 0 N–H and O–H groups in total. The van der Waals surface area contributed by atoms with E-state index in [9.17, 15) is 13.2 Å². The molecule has 16 heavy (non-hydrogen) atoms. The van der Waals surface area contributed by atoms with Gasteiger partial charge in [0, 0.05) is 0 Å². The van der Waals surface area contributed by atoms with E-state index in [1.807, 2.05) is 0 Å². The second-order valence-corrected chi connectivity index (χ2v) is 4.19. The van der Waals surface area contributed by atoms with E-state index in [-0.39, 0.29) is 5.56 Å². The van der Waals surface area contributed by atoms with Crippen LogP contribution in [0.3, 0.4) is 0 Å². The molecule has 0 amide bonds. The Kier molecular flexibility index (Phi) is 4.66. The van der Waals surface area contributed by atoms with Gasteiger partial charge in [0.2, 0.25) is 0 Å². The Morgan fingerprint density at radius 1 is 1.19 bits per heavy atom. The van der Waals surface area contributed by atoms with E-state index in [1.54, 1.807) is 12.1 Å². The largest absolute Gasteiger partial charge is 0.408 e. The topological polar surface area (TPSA) is 0 Å². The zero-order chi connectivity index (χ0) is 12.2. The minimum absolute atomic E-state index is 0.106. The molecule has 0 saturated carbocycles. The quantitative estimate of drug-likeness (QED) is 0.669. The molecule has 0 aromatic heterocycles. The molecule has 0 spiro atoms. The van der Waals surface area contributed by atoms with Gasteiger partial charge in [-0.2, -0.15) is 13.2 Å². The molecule has 1 unspecified atom stereocenters. The Morgan fingerprint density at radius 3 is 2.19 bits per heavy atom. The van der Waals surface area contributed by atoms with Crippen molar-refractivity contribution in [2.45, 2.75) is 37.7 Å². The van der Waals surface area contributed by atoms with Crippen LogP contribution in [0.15, 0.2) is 24.3 Å². The summed E-state index contributed by atoms with van der Waals surface area (Å²) < 4.78 is 36.9. The number of aryl methyl sites for hydroxylation is 1. The maximum Gasteiger partial charge on any atom is 0.408 e. The summed E-state index contributed by atoms with van der Waals surface area (Å²) in [6, 6.07) is 6.34. The van der Waals surface area contributed by atoms with E-state index < -0.39 is 11.6 Å². The fourth-order valence-corrected chi connectivity index (χ4v) is 1.57. The zero-order valence-electron chi connectivity index (χ0n) is 9.02. The van der Waals surface area contributed by atoms with Crippen LogP contribution < -0.4 is 0 Å². The maximum atomic E-state index is 12.3. The lowest BCUT2D eigenvalue weighted by Gasteiger charge is -2.14. The predicted octanol–water partition coefficient (Wildman–Crippen LogP) is 4.87. The summed E-state index contributed by atoms with van der Waals surface area (Å²) in [6.45, 7) is 2.08. The standard InChI is InChI=1S/C12H14ClF3/c1-2-3-4-9-5-7-10(8-6-9)11(13)12(14,15)16/h5-8,11H,2-4H2,1H3. The molecule has 0 nitrogen and oxygen atoms in total. The summed E-state index contributed by atoms with van der Waals surface area (Å²) >= 11 is 5.31. The van der Waals surface area contributed by atoms with E-state index in [1.165, 1.54) is 12.1 Å². The Hall–Kier alpha value is -0.700. The molecule has 0 aliphatic heterocycles. The highest BCUT2D eigenvalue weighted by Crippen LogP contribution is 2.37. The van der Waals surface area contributed by atoms with Crippen LogP contribution in [-0.2, 0) is 6.42 Å². The number of unbranched alkanes of at least 4 members (excludes halogenated alkanes) is 1. The van der Waals surface area contributed by atoms with Crippen LogP contribution in [0.4, 0.5) is 13.2 Å². The van der Waals surface area contributed by atoms with Crippen molar-refractivity contribution < 1.29 is 13.2 Å². The Bertz CT molecular complexity index is 316. The molecule has 0 bridgehead atoms. The summed E-state index contributed by atoms with van der Waals surface area (Å²) in [5, 5.41) is -1.91. The zero-order valence-corrected chi connectivity index (χ0v) is 9.78. The average Bonchev–Trinajstić information content (AvgIpc) is 2.25.